The molecule has 3 N–H and O–H groups in total. The van der Waals surface area contributed by atoms with Crippen molar-refractivity contribution in [2.75, 3.05) is 11.9 Å². The molecule has 0 aliphatic carbocycles. The molecule has 94 valence electrons. The summed E-state index contributed by atoms with van der Waals surface area (Å²) in [5, 5.41) is 3.12. The maximum atomic E-state index is 5.53. The van der Waals surface area contributed by atoms with Crippen LogP contribution >= 0.6 is 15.9 Å². The Kier molecular flexibility index (Phi) is 4.28. The summed E-state index contributed by atoms with van der Waals surface area (Å²) in [6, 6.07) is 8.22. The Balaban J connectivity index is 2.14. The summed E-state index contributed by atoms with van der Waals surface area (Å²) < 4.78 is 1.06. The summed E-state index contributed by atoms with van der Waals surface area (Å²) in [4.78, 5) is 8.55. The number of halogens is 1. The molecule has 0 fully saturated rings. The number of benzene rings is 1. The van der Waals surface area contributed by atoms with Gasteiger partial charge in [0.2, 0.25) is 5.95 Å². The summed E-state index contributed by atoms with van der Waals surface area (Å²) >= 11 is 3.41. The molecule has 0 aliphatic heterocycles. The highest BCUT2D eigenvalue weighted by atomic mass is 79.9. The lowest BCUT2D eigenvalue weighted by atomic mass is 10.1. The molecule has 0 saturated carbocycles. The zero-order valence-corrected chi connectivity index (χ0v) is 11.7. The highest BCUT2D eigenvalue weighted by Crippen LogP contribution is 2.20. The molecular weight excluding hydrogens is 292 g/mol. The van der Waals surface area contributed by atoms with Crippen LogP contribution in [-0.2, 0) is 0 Å². The second kappa shape index (κ2) is 5.93. The van der Waals surface area contributed by atoms with Gasteiger partial charge in [-0.25, -0.2) is 9.97 Å². The van der Waals surface area contributed by atoms with Gasteiger partial charge in [-0.15, -0.1) is 0 Å². The van der Waals surface area contributed by atoms with Crippen LogP contribution in [-0.4, -0.2) is 22.6 Å². The first kappa shape index (κ1) is 13.0. The monoisotopic (exact) mass is 306 g/mol. The Morgan fingerprint density at radius 3 is 2.33 bits per heavy atom. The molecule has 4 nitrogen and oxygen atoms in total. The number of anilines is 1. The van der Waals surface area contributed by atoms with Crippen LogP contribution < -0.4 is 11.1 Å². The number of hydrogen-bond acceptors (Lipinski definition) is 4. The highest BCUT2D eigenvalue weighted by molar-refractivity contribution is 9.10. The summed E-state index contributed by atoms with van der Waals surface area (Å²) in [5.74, 6) is 0.605. The van der Waals surface area contributed by atoms with Crippen LogP contribution in [0.3, 0.4) is 0 Å². The van der Waals surface area contributed by atoms with Crippen LogP contribution in [0.5, 0.6) is 0 Å². The summed E-state index contributed by atoms with van der Waals surface area (Å²) in [5.41, 5.74) is 7.62. The number of rotatable bonds is 4. The maximum Gasteiger partial charge on any atom is 0.222 e. The third-order valence-corrected chi connectivity index (χ3v) is 3.09. The minimum Gasteiger partial charge on any atom is -0.351 e. The fraction of sp³-hybridized carbons (Fsp3) is 0.231. The van der Waals surface area contributed by atoms with E-state index < -0.39 is 0 Å². The zero-order valence-electron chi connectivity index (χ0n) is 10.1. The smallest absolute Gasteiger partial charge is 0.222 e. The molecule has 1 heterocycles. The molecule has 0 bridgehead atoms. The van der Waals surface area contributed by atoms with Gasteiger partial charge >= 0.3 is 0 Å². The quantitative estimate of drug-likeness (QED) is 0.911. The molecule has 0 spiro atoms. The molecule has 0 saturated heterocycles. The molecule has 0 aliphatic rings. The lowest BCUT2D eigenvalue weighted by Crippen LogP contribution is -2.26. The second-order valence-corrected chi connectivity index (χ2v) is 5.00. The van der Waals surface area contributed by atoms with E-state index >= 15 is 0 Å². The van der Waals surface area contributed by atoms with Gasteiger partial charge in [0, 0.05) is 35.0 Å². The molecule has 0 amide bonds. The van der Waals surface area contributed by atoms with Crippen molar-refractivity contribution in [2.24, 2.45) is 5.73 Å². The topological polar surface area (TPSA) is 63.8 Å². The Hall–Kier alpha value is -1.46. The highest BCUT2D eigenvalue weighted by Gasteiger charge is 2.03. The van der Waals surface area contributed by atoms with Crippen LogP contribution in [0.4, 0.5) is 5.95 Å². The van der Waals surface area contributed by atoms with Crippen LogP contribution in [0.25, 0.3) is 11.1 Å². The number of hydrogen-bond donors (Lipinski definition) is 2. The van der Waals surface area contributed by atoms with E-state index in [1.165, 1.54) is 0 Å². The van der Waals surface area contributed by atoms with Crippen LogP contribution in [0, 0.1) is 0 Å². The molecule has 0 radical (unpaired) electrons. The van der Waals surface area contributed by atoms with E-state index in [-0.39, 0.29) is 6.04 Å². The Morgan fingerprint density at radius 1 is 1.17 bits per heavy atom. The standard InChI is InChI=1S/C13H15BrN4/c1-9(6-15)18-13-16-7-11(8-17-13)10-2-4-12(14)5-3-10/h2-5,7-9H,6,15H2,1H3,(H,16,17,18). The normalized spacial score (nSPS) is 12.2. The molecule has 1 aromatic carbocycles. The van der Waals surface area contributed by atoms with E-state index in [1.807, 2.05) is 43.6 Å². The van der Waals surface area contributed by atoms with Crippen molar-refractivity contribution in [1.29, 1.82) is 0 Å². The molecular formula is C13H15BrN4. The van der Waals surface area contributed by atoms with Crippen molar-refractivity contribution in [1.82, 2.24) is 9.97 Å². The average molecular weight is 307 g/mol. The van der Waals surface area contributed by atoms with E-state index in [1.54, 1.807) is 0 Å². The average Bonchev–Trinajstić information content (AvgIpc) is 2.40. The zero-order chi connectivity index (χ0) is 13.0. The maximum absolute atomic E-state index is 5.53. The molecule has 1 aromatic heterocycles. The lowest BCUT2D eigenvalue weighted by Gasteiger charge is -2.10. The van der Waals surface area contributed by atoms with Gasteiger partial charge in [-0.1, -0.05) is 28.1 Å². The predicted molar refractivity (Wildman–Crippen MR) is 77.3 cm³/mol. The van der Waals surface area contributed by atoms with Crippen LogP contribution in [0.15, 0.2) is 41.1 Å². The van der Waals surface area contributed by atoms with E-state index in [0.717, 1.165) is 15.6 Å². The Bertz CT molecular complexity index is 495. The van der Waals surface area contributed by atoms with Gasteiger partial charge in [0.05, 0.1) is 0 Å². The van der Waals surface area contributed by atoms with Gasteiger partial charge in [-0.3, -0.25) is 0 Å². The fourth-order valence-electron chi connectivity index (χ4n) is 1.47. The lowest BCUT2D eigenvalue weighted by molar-refractivity contribution is 0.790. The van der Waals surface area contributed by atoms with Gasteiger partial charge in [0.25, 0.3) is 0 Å². The third-order valence-electron chi connectivity index (χ3n) is 2.56. The molecule has 2 aromatic rings. The first-order valence-electron chi connectivity index (χ1n) is 5.73. The summed E-state index contributed by atoms with van der Waals surface area (Å²) in [6.07, 6.45) is 3.61. The number of nitrogens with zero attached hydrogens (tertiary/aromatic N) is 2. The van der Waals surface area contributed by atoms with E-state index in [9.17, 15) is 0 Å². The number of nitrogens with one attached hydrogen (secondary N) is 1. The fourth-order valence-corrected chi connectivity index (χ4v) is 1.74. The Labute approximate surface area is 115 Å². The molecule has 2 rings (SSSR count). The number of aromatic nitrogens is 2. The van der Waals surface area contributed by atoms with Crippen molar-refractivity contribution < 1.29 is 0 Å². The Morgan fingerprint density at radius 2 is 1.78 bits per heavy atom. The first-order valence-corrected chi connectivity index (χ1v) is 6.53. The van der Waals surface area contributed by atoms with Crippen molar-refractivity contribution >= 4 is 21.9 Å². The molecule has 5 heteroatoms. The molecule has 18 heavy (non-hydrogen) atoms. The van der Waals surface area contributed by atoms with Gasteiger partial charge in [0.1, 0.15) is 0 Å². The van der Waals surface area contributed by atoms with Gasteiger partial charge in [-0.05, 0) is 24.6 Å². The van der Waals surface area contributed by atoms with Crippen molar-refractivity contribution in [3.63, 3.8) is 0 Å². The van der Waals surface area contributed by atoms with Crippen molar-refractivity contribution in [2.45, 2.75) is 13.0 Å². The van der Waals surface area contributed by atoms with E-state index in [0.29, 0.717) is 12.5 Å². The molecule has 1 atom stereocenters. The van der Waals surface area contributed by atoms with Gasteiger partial charge < -0.3 is 11.1 Å². The molecule has 1 unspecified atom stereocenters. The van der Waals surface area contributed by atoms with Crippen LogP contribution in [0.1, 0.15) is 6.92 Å². The van der Waals surface area contributed by atoms with Crippen molar-refractivity contribution in [3.05, 3.63) is 41.1 Å². The largest absolute Gasteiger partial charge is 0.351 e. The van der Waals surface area contributed by atoms with Gasteiger partial charge in [0.15, 0.2) is 0 Å². The first-order chi connectivity index (χ1) is 8.69. The SMILES string of the molecule is CC(CN)Nc1ncc(-c2ccc(Br)cc2)cn1. The van der Waals surface area contributed by atoms with Crippen LogP contribution in [0.2, 0.25) is 0 Å². The van der Waals surface area contributed by atoms with Crippen molar-refractivity contribution in [3.8, 4) is 11.1 Å². The predicted octanol–water partition coefficient (Wildman–Crippen LogP) is 2.67. The minimum absolute atomic E-state index is 0.170. The van der Waals surface area contributed by atoms with E-state index in [2.05, 4.69) is 31.2 Å². The third kappa shape index (κ3) is 3.27. The number of nitrogens with two attached hydrogens (primary N) is 1. The summed E-state index contributed by atoms with van der Waals surface area (Å²) in [7, 11) is 0. The minimum atomic E-state index is 0.170. The second-order valence-electron chi connectivity index (χ2n) is 4.08. The summed E-state index contributed by atoms with van der Waals surface area (Å²) in [6.45, 7) is 2.55. The van der Waals surface area contributed by atoms with E-state index in [4.69, 9.17) is 5.73 Å². The van der Waals surface area contributed by atoms with Gasteiger partial charge in [-0.2, -0.15) is 0 Å².